The van der Waals surface area contributed by atoms with Gasteiger partial charge >= 0.3 is 0 Å². The molecular formula is C15H18F2N2O3. The number of aliphatic hydroxyl groups excluding tert-OH is 1. The van der Waals surface area contributed by atoms with E-state index in [1.54, 1.807) is 11.6 Å². The van der Waals surface area contributed by atoms with Crippen molar-refractivity contribution < 1.29 is 18.6 Å². The number of aromatic amines is 1. The van der Waals surface area contributed by atoms with E-state index in [-0.39, 0.29) is 17.4 Å². The van der Waals surface area contributed by atoms with Crippen LogP contribution in [0.4, 0.5) is 8.78 Å². The van der Waals surface area contributed by atoms with Gasteiger partial charge in [-0.3, -0.25) is 14.6 Å². The monoisotopic (exact) mass is 312 g/mol. The minimum atomic E-state index is -1.70. The summed E-state index contributed by atoms with van der Waals surface area (Å²) in [5.74, 6) is -1.95. The van der Waals surface area contributed by atoms with Crippen LogP contribution in [0.1, 0.15) is 42.8 Å². The number of nitrogens with one attached hydrogen (secondary N) is 1. The first-order valence-electron chi connectivity index (χ1n) is 6.79. The number of hydrogen-bond acceptors (Lipinski definition) is 3. The predicted octanol–water partition coefficient (Wildman–Crippen LogP) is 2.43. The zero-order chi connectivity index (χ0) is 16.6. The number of benzene rings is 1. The summed E-state index contributed by atoms with van der Waals surface area (Å²) in [6.45, 7) is 5.29. The van der Waals surface area contributed by atoms with Gasteiger partial charge in [-0.2, -0.15) is 0 Å². The van der Waals surface area contributed by atoms with Gasteiger partial charge in [0, 0.05) is 23.9 Å². The van der Waals surface area contributed by atoms with Crippen molar-refractivity contribution in [3.8, 4) is 5.75 Å². The molecule has 0 saturated heterocycles. The highest BCUT2D eigenvalue weighted by atomic mass is 19.1. The second kappa shape index (κ2) is 5.92. The third-order valence-corrected chi connectivity index (χ3v) is 3.57. The number of methoxy groups -OCH3 is 1. The lowest BCUT2D eigenvalue weighted by Gasteiger charge is -2.15. The Bertz CT molecular complexity index is 727. The highest BCUT2D eigenvalue weighted by molar-refractivity contribution is 5.37. The first kappa shape index (κ1) is 16.2. The number of hydrogen-bond donors (Lipinski definition) is 2. The van der Waals surface area contributed by atoms with E-state index in [2.05, 4.69) is 5.10 Å². The van der Waals surface area contributed by atoms with Gasteiger partial charge in [0.25, 0.3) is 5.56 Å². The molecule has 0 aliphatic heterocycles. The molecule has 0 aliphatic rings. The van der Waals surface area contributed by atoms with Crippen LogP contribution in [0, 0.1) is 18.6 Å². The number of aliphatic hydroxyl groups is 1. The Labute approximate surface area is 126 Å². The maximum absolute atomic E-state index is 14.1. The molecule has 0 aliphatic carbocycles. The molecule has 2 N–H and O–H groups in total. The molecule has 0 spiro atoms. The number of nitrogens with zero attached hydrogens (tertiary/aromatic N) is 1. The zero-order valence-corrected chi connectivity index (χ0v) is 12.8. The zero-order valence-electron chi connectivity index (χ0n) is 12.8. The van der Waals surface area contributed by atoms with Crippen LogP contribution in [-0.2, 0) is 0 Å². The van der Waals surface area contributed by atoms with Crippen molar-refractivity contribution in [2.75, 3.05) is 7.11 Å². The molecule has 5 nitrogen and oxygen atoms in total. The summed E-state index contributed by atoms with van der Waals surface area (Å²) in [7, 11) is 1.28. The lowest BCUT2D eigenvalue weighted by atomic mass is 10.0. The number of H-pyrrole nitrogens is 1. The molecule has 2 aromatic rings. The fourth-order valence-corrected chi connectivity index (χ4v) is 2.47. The second-order valence-electron chi connectivity index (χ2n) is 5.31. The van der Waals surface area contributed by atoms with E-state index < -0.39 is 28.9 Å². The Balaban J connectivity index is 2.59. The Morgan fingerprint density at radius 1 is 1.23 bits per heavy atom. The molecule has 120 valence electrons. The van der Waals surface area contributed by atoms with Crippen LogP contribution >= 0.6 is 0 Å². The second-order valence-corrected chi connectivity index (χ2v) is 5.31. The fourth-order valence-electron chi connectivity index (χ4n) is 2.47. The molecule has 1 unspecified atom stereocenters. The van der Waals surface area contributed by atoms with Crippen molar-refractivity contribution in [1.29, 1.82) is 0 Å². The normalized spacial score (nSPS) is 12.7. The van der Waals surface area contributed by atoms with Gasteiger partial charge in [-0.15, -0.1) is 0 Å². The quantitative estimate of drug-likeness (QED) is 0.911. The molecule has 0 bridgehead atoms. The van der Waals surface area contributed by atoms with Crippen LogP contribution in [0.25, 0.3) is 0 Å². The number of ether oxygens (including phenoxy) is 1. The standard InChI is InChI=1S/C15H18F2N2O3/c1-7(2)19-8(3)12(15(21)18-19)14(20)13-10(16)5-9(22-4)6-11(13)17/h5-7,14,20H,1-4H3,(H,18,21). The summed E-state index contributed by atoms with van der Waals surface area (Å²) in [5.41, 5.74) is -0.789. The number of rotatable bonds is 4. The van der Waals surface area contributed by atoms with Crippen molar-refractivity contribution >= 4 is 0 Å². The van der Waals surface area contributed by atoms with Crippen molar-refractivity contribution in [2.24, 2.45) is 0 Å². The summed E-state index contributed by atoms with van der Waals surface area (Å²) < 4.78 is 34.4. The summed E-state index contributed by atoms with van der Waals surface area (Å²) >= 11 is 0. The van der Waals surface area contributed by atoms with Crippen molar-refractivity contribution in [2.45, 2.75) is 32.9 Å². The van der Waals surface area contributed by atoms with Gasteiger partial charge in [0.15, 0.2) is 0 Å². The summed E-state index contributed by atoms with van der Waals surface area (Å²) in [6.07, 6.45) is -1.70. The van der Waals surface area contributed by atoms with E-state index in [9.17, 15) is 18.7 Å². The Morgan fingerprint density at radius 2 is 1.77 bits per heavy atom. The van der Waals surface area contributed by atoms with Gasteiger partial charge in [-0.1, -0.05) is 0 Å². The molecule has 0 saturated carbocycles. The van der Waals surface area contributed by atoms with E-state index in [0.29, 0.717) is 5.69 Å². The highest BCUT2D eigenvalue weighted by Gasteiger charge is 2.27. The lowest BCUT2D eigenvalue weighted by molar-refractivity contribution is 0.206. The highest BCUT2D eigenvalue weighted by Crippen LogP contribution is 2.30. The first-order valence-corrected chi connectivity index (χ1v) is 6.79. The maximum atomic E-state index is 14.1. The molecule has 0 fully saturated rings. The topological polar surface area (TPSA) is 67.2 Å². The molecule has 22 heavy (non-hydrogen) atoms. The van der Waals surface area contributed by atoms with Gasteiger partial charge in [0.2, 0.25) is 0 Å². The molecule has 1 aromatic carbocycles. The third kappa shape index (κ3) is 2.64. The Kier molecular flexibility index (Phi) is 4.37. The van der Waals surface area contributed by atoms with Crippen LogP contribution in [-0.4, -0.2) is 22.0 Å². The minimum Gasteiger partial charge on any atom is -0.497 e. The fraction of sp³-hybridized carbons (Fsp3) is 0.400. The van der Waals surface area contributed by atoms with Crippen molar-refractivity contribution in [3.63, 3.8) is 0 Å². The molecule has 1 heterocycles. The Hall–Kier alpha value is -2.15. The van der Waals surface area contributed by atoms with Gasteiger partial charge in [-0.25, -0.2) is 8.78 Å². The molecular weight excluding hydrogens is 294 g/mol. The van der Waals surface area contributed by atoms with E-state index in [1.807, 2.05) is 13.8 Å². The summed E-state index contributed by atoms with van der Waals surface area (Å²) in [4.78, 5) is 12.0. The van der Waals surface area contributed by atoms with E-state index >= 15 is 0 Å². The van der Waals surface area contributed by atoms with Crippen LogP contribution in [0.15, 0.2) is 16.9 Å². The molecule has 0 radical (unpaired) electrons. The SMILES string of the molecule is COc1cc(F)c(C(O)c2c(C)n(C(C)C)[nH]c2=O)c(F)c1. The first-order chi connectivity index (χ1) is 10.3. The molecule has 1 aromatic heterocycles. The van der Waals surface area contributed by atoms with Gasteiger partial charge in [0.1, 0.15) is 23.5 Å². The molecule has 0 amide bonds. The van der Waals surface area contributed by atoms with Crippen LogP contribution in [0.5, 0.6) is 5.75 Å². The Morgan fingerprint density at radius 3 is 2.18 bits per heavy atom. The predicted molar refractivity (Wildman–Crippen MR) is 77.1 cm³/mol. The lowest BCUT2D eigenvalue weighted by Crippen LogP contribution is -2.15. The van der Waals surface area contributed by atoms with Crippen molar-refractivity contribution in [3.05, 3.63) is 50.9 Å². The summed E-state index contributed by atoms with van der Waals surface area (Å²) in [6, 6.07) is 1.87. The molecule has 7 heteroatoms. The van der Waals surface area contributed by atoms with Gasteiger partial charge in [-0.05, 0) is 20.8 Å². The number of halogens is 2. The van der Waals surface area contributed by atoms with Crippen LogP contribution in [0.3, 0.4) is 0 Å². The maximum Gasteiger partial charge on any atom is 0.270 e. The van der Waals surface area contributed by atoms with E-state index in [1.165, 1.54) is 7.11 Å². The number of aromatic nitrogens is 2. The average Bonchev–Trinajstić information content (AvgIpc) is 2.73. The van der Waals surface area contributed by atoms with Crippen LogP contribution < -0.4 is 10.3 Å². The molecule has 1 atom stereocenters. The van der Waals surface area contributed by atoms with Crippen LogP contribution in [0.2, 0.25) is 0 Å². The minimum absolute atomic E-state index is 0.00340. The third-order valence-electron chi connectivity index (χ3n) is 3.57. The van der Waals surface area contributed by atoms with Gasteiger partial charge < -0.3 is 9.84 Å². The average molecular weight is 312 g/mol. The van der Waals surface area contributed by atoms with E-state index in [0.717, 1.165) is 12.1 Å². The van der Waals surface area contributed by atoms with Gasteiger partial charge in [0.05, 0.1) is 18.2 Å². The van der Waals surface area contributed by atoms with E-state index in [4.69, 9.17) is 4.74 Å². The summed E-state index contributed by atoms with van der Waals surface area (Å²) in [5, 5.41) is 12.9. The largest absolute Gasteiger partial charge is 0.497 e. The smallest absolute Gasteiger partial charge is 0.270 e. The molecule has 2 rings (SSSR count). The van der Waals surface area contributed by atoms with Crippen molar-refractivity contribution in [1.82, 2.24) is 9.78 Å².